The fourth-order valence-electron chi connectivity index (χ4n) is 4.72. The van der Waals surface area contributed by atoms with Crippen molar-refractivity contribution < 1.29 is 14.3 Å². The van der Waals surface area contributed by atoms with Crippen LogP contribution in [0.4, 0.5) is 0 Å². The zero-order valence-electron chi connectivity index (χ0n) is 20.6. The predicted molar refractivity (Wildman–Crippen MR) is 150 cm³/mol. The highest BCUT2D eigenvalue weighted by molar-refractivity contribution is 8.27. The van der Waals surface area contributed by atoms with Crippen molar-refractivity contribution in [3.05, 3.63) is 83.4 Å². The standard InChI is InChI=1S/C29H25N5O3S/c30-27-24(28(36)31-29-34(27)32-25(38-29)17-26(35)33-14-3-4-15-33)16-19-10-12-22(13-11-19)37-18-21-8-5-7-20-6-1-2-9-23(20)21/h1-2,5-13,16,30H,3-4,14-15,17-18H2. The van der Waals surface area contributed by atoms with E-state index < -0.39 is 5.91 Å². The van der Waals surface area contributed by atoms with Crippen LogP contribution in [-0.2, 0) is 16.2 Å². The number of hydrogen-bond donors (Lipinski definition) is 1. The molecule has 0 atom stereocenters. The molecule has 3 aliphatic heterocycles. The summed E-state index contributed by atoms with van der Waals surface area (Å²) < 4.78 is 6.01. The van der Waals surface area contributed by atoms with Gasteiger partial charge in [-0.25, -0.2) is 0 Å². The van der Waals surface area contributed by atoms with Gasteiger partial charge in [0.25, 0.3) is 5.91 Å². The number of ether oxygens (including phenoxy) is 1. The molecular weight excluding hydrogens is 498 g/mol. The molecule has 6 rings (SSSR count). The number of hydrogen-bond acceptors (Lipinski definition) is 6. The average molecular weight is 524 g/mol. The maximum atomic E-state index is 12.7. The molecule has 3 aromatic carbocycles. The minimum absolute atomic E-state index is 0.0191. The SMILES string of the molecule is N=C1C(=Cc2ccc(OCc3cccc4ccccc34)cc2)C(=O)N=C2SC(CC(=O)N3CCCC3)=NN12. The molecule has 1 N–H and O–H groups in total. The number of nitrogens with one attached hydrogen (secondary N) is 1. The molecule has 0 aliphatic carbocycles. The van der Waals surface area contributed by atoms with E-state index in [0.717, 1.165) is 42.4 Å². The molecule has 3 heterocycles. The molecule has 0 bridgehead atoms. The number of carbonyl (C=O) groups is 2. The molecule has 0 spiro atoms. The van der Waals surface area contributed by atoms with Crippen molar-refractivity contribution in [2.75, 3.05) is 13.1 Å². The van der Waals surface area contributed by atoms with E-state index in [-0.39, 0.29) is 23.7 Å². The van der Waals surface area contributed by atoms with Crippen molar-refractivity contribution in [1.29, 1.82) is 5.41 Å². The van der Waals surface area contributed by atoms with Crippen molar-refractivity contribution in [3.8, 4) is 5.75 Å². The van der Waals surface area contributed by atoms with Crippen LogP contribution in [0.25, 0.3) is 16.8 Å². The quantitative estimate of drug-likeness (QED) is 0.456. The molecule has 1 saturated heterocycles. The predicted octanol–water partition coefficient (Wildman–Crippen LogP) is 5.05. The third-order valence-corrected chi connectivity index (χ3v) is 7.63. The number of fused-ring (bicyclic) bond motifs is 2. The molecule has 3 aliphatic rings. The van der Waals surface area contributed by atoms with Crippen LogP contribution in [0.5, 0.6) is 5.75 Å². The number of likely N-dealkylation sites (tertiary alicyclic amines) is 1. The van der Waals surface area contributed by atoms with Crippen LogP contribution >= 0.6 is 11.8 Å². The van der Waals surface area contributed by atoms with Crippen molar-refractivity contribution in [3.63, 3.8) is 0 Å². The average Bonchev–Trinajstić information content (AvgIpc) is 3.61. The van der Waals surface area contributed by atoms with Crippen LogP contribution in [0, 0.1) is 5.41 Å². The first-order chi connectivity index (χ1) is 18.5. The first-order valence-corrected chi connectivity index (χ1v) is 13.3. The molecule has 2 amide bonds. The number of amidine groups is 2. The van der Waals surface area contributed by atoms with Gasteiger partial charge in [-0.1, -0.05) is 54.6 Å². The maximum Gasteiger partial charge on any atom is 0.283 e. The lowest BCUT2D eigenvalue weighted by atomic mass is 10.1. The monoisotopic (exact) mass is 523 g/mol. The maximum absolute atomic E-state index is 12.7. The summed E-state index contributed by atoms with van der Waals surface area (Å²) in [5.41, 5.74) is 2.00. The smallest absolute Gasteiger partial charge is 0.283 e. The highest BCUT2D eigenvalue weighted by atomic mass is 32.2. The fourth-order valence-corrected chi connectivity index (χ4v) is 5.59. The molecule has 0 aromatic heterocycles. The van der Waals surface area contributed by atoms with E-state index in [1.165, 1.54) is 22.2 Å². The van der Waals surface area contributed by atoms with E-state index in [0.29, 0.717) is 22.6 Å². The van der Waals surface area contributed by atoms with Crippen molar-refractivity contribution in [1.82, 2.24) is 9.91 Å². The van der Waals surface area contributed by atoms with Gasteiger partial charge in [0, 0.05) is 13.1 Å². The highest BCUT2D eigenvalue weighted by Crippen LogP contribution is 2.30. The van der Waals surface area contributed by atoms with Crippen LogP contribution in [-0.4, -0.2) is 50.9 Å². The van der Waals surface area contributed by atoms with Gasteiger partial charge in [-0.3, -0.25) is 15.0 Å². The summed E-state index contributed by atoms with van der Waals surface area (Å²) in [6.07, 6.45) is 3.83. The lowest BCUT2D eigenvalue weighted by molar-refractivity contribution is -0.128. The van der Waals surface area contributed by atoms with Crippen LogP contribution < -0.4 is 4.74 Å². The Labute approximate surface area is 224 Å². The molecular formula is C29H25N5O3S. The van der Waals surface area contributed by atoms with Gasteiger partial charge in [0.15, 0.2) is 5.84 Å². The van der Waals surface area contributed by atoms with Crippen LogP contribution in [0.2, 0.25) is 0 Å². The molecule has 0 radical (unpaired) electrons. The van der Waals surface area contributed by atoms with Crippen molar-refractivity contribution in [2.24, 2.45) is 10.1 Å². The Kier molecular flexibility index (Phi) is 6.51. The van der Waals surface area contributed by atoms with E-state index in [4.69, 9.17) is 10.1 Å². The third-order valence-electron chi connectivity index (χ3n) is 6.72. The first kappa shape index (κ1) is 24.1. The van der Waals surface area contributed by atoms with Crippen molar-refractivity contribution in [2.45, 2.75) is 25.9 Å². The summed E-state index contributed by atoms with van der Waals surface area (Å²) in [5.74, 6) is 0.184. The van der Waals surface area contributed by atoms with Gasteiger partial charge in [-0.2, -0.15) is 15.1 Å². The number of thioether (sulfide) groups is 1. The summed E-state index contributed by atoms with van der Waals surface area (Å²) >= 11 is 1.18. The lowest BCUT2D eigenvalue weighted by Gasteiger charge is -2.20. The summed E-state index contributed by atoms with van der Waals surface area (Å²) in [5, 5.41) is 17.5. The Balaban J connectivity index is 1.13. The van der Waals surface area contributed by atoms with E-state index in [1.54, 1.807) is 6.08 Å². The topological polar surface area (TPSA) is 98.4 Å². The largest absolute Gasteiger partial charge is 0.489 e. The number of nitrogens with zero attached hydrogens (tertiary/aromatic N) is 4. The zero-order chi connectivity index (χ0) is 26.1. The molecule has 0 unspecified atom stereocenters. The van der Waals surface area contributed by atoms with Gasteiger partial charge >= 0.3 is 0 Å². The van der Waals surface area contributed by atoms with Gasteiger partial charge in [0.2, 0.25) is 11.1 Å². The molecule has 8 nitrogen and oxygen atoms in total. The number of amides is 2. The molecule has 3 aromatic rings. The van der Waals surface area contributed by atoms with Crippen LogP contribution in [0.1, 0.15) is 30.4 Å². The lowest BCUT2D eigenvalue weighted by Crippen LogP contribution is -2.35. The van der Waals surface area contributed by atoms with Crippen LogP contribution in [0.3, 0.4) is 0 Å². The van der Waals surface area contributed by atoms with Gasteiger partial charge < -0.3 is 9.64 Å². The normalized spacial score (nSPS) is 18.2. The Bertz CT molecular complexity index is 1530. The summed E-state index contributed by atoms with van der Waals surface area (Å²) in [7, 11) is 0. The van der Waals surface area contributed by atoms with E-state index in [2.05, 4.69) is 34.4 Å². The first-order valence-electron chi connectivity index (χ1n) is 12.5. The molecule has 190 valence electrons. The zero-order valence-corrected chi connectivity index (χ0v) is 21.4. The van der Waals surface area contributed by atoms with Crippen molar-refractivity contribution >= 4 is 56.5 Å². The molecule has 0 saturated carbocycles. The minimum atomic E-state index is -0.493. The summed E-state index contributed by atoms with van der Waals surface area (Å²) in [6.45, 7) is 1.99. The summed E-state index contributed by atoms with van der Waals surface area (Å²) in [4.78, 5) is 31.2. The Morgan fingerprint density at radius 3 is 2.61 bits per heavy atom. The van der Waals surface area contributed by atoms with Gasteiger partial charge in [-0.15, -0.1) is 0 Å². The third kappa shape index (κ3) is 4.84. The van der Waals surface area contributed by atoms with E-state index >= 15 is 0 Å². The second-order valence-corrected chi connectivity index (χ2v) is 10.3. The van der Waals surface area contributed by atoms with E-state index in [1.807, 2.05) is 47.4 Å². The van der Waals surface area contributed by atoms with Crippen LogP contribution in [0.15, 0.2) is 82.4 Å². The second kappa shape index (κ2) is 10.3. The van der Waals surface area contributed by atoms with E-state index in [9.17, 15) is 9.59 Å². The van der Waals surface area contributed by atoms with Gasteiger partial charge in [0.1, 0.15) is 17.4 Å². The fraction of sp³-hybridized carbons (Fsp3) is 0.207. The van der Waals surface area contributed by atoms with Gasteiger partial charge in [-0.05, 0) is 64.7 Å². The Morgan fingerprint density at radius 1 is 1.03 bits per heavy atom. The number of hydrazone groups is 1. The molecule has 9 heteroatoms. The number of carbonyl (C=O) groups excluding carboxylic acids is 2. The minimum Gasteiger partial charge on any atom is -0.489 e. The molecule has 1 fully saturated rings. The highest BCUT2D eigenvalue weighted by Gasteiger charge is 2.36. The number of aliphatic imine (C=N–C) groups is 1. The number of benzene rings is 3. The Hall–Kier alpha value is -4.24. The number of rotatable bonds is 6. The second-order valence-electron chi connectivity index (χ2n) is 9.27. The van der Waals surface area contributed by atoms with Gasteiger partial charge in [0.05, 0.1) is 12.0 Å². The molecule has 38 heavy (non-hydrogen) atoms. The Morgan fingerprint density at radius 2 is 1.79 bits per heavy atom. The summed E-state index contributed by atoms with van der Waals surface area (Å²) in [6, 6.07) is 21.7.